The van der Waals surface area contributed by atoms with Gasteiger partial charge < -0.3 is 4.74 Å². The van der Waals surface area contributed by atoms with Crippen molar-refractivity contribution in [1.82, 2.24) is 4.72 Å². The first-order chi connectivity index (χ1) is 12.3. The monoisotopic (exact) mass is 393 g/mol. The molecule has 26 heavy (non-hydrogen) atoms. The number of hydrogen-bond acceptors (Lipinski definition) is 3. The molecule has 2 aromatic carbocycles. The van der Waals surface area contributed by atoms with Gasteiger partial charge in [-0.1, -0.05) is 29.8 Å². The lowest BCUT2D eigenvalue weighted by molar-refractivity contribution is 0.00699. The van der Waals surface area contributed by atoms with Gasteiger partial charge in [0.2, 0.25) is 10.0 Å². The average Bonchev–Trinajstić information content (AvgIpc) is 2.66. The molecule has 0 spiro atoms. The van der Waals surface area contributed by atoms with Crippen LogP contribution in [0.2, 0.25) is 5.02 Å². The summed E-state index contributed by atoms with van der Waals surface area (Å²) < 4.78 is 33.9. The molecule has 1 N–H and O–H groups in total. The molecule has 0 bridgehead atoms. The third-order valence-electron chi connectivity index (χ3n) is 5.12. The molecule has 0 saturated carbocycles. The summed E-state index contributed by atoms with van der Waals surface area (Å²) in [4.78, 5) is 0.308. The second-order valence-corrected chi connectivity index (χ2v) is 9.11. The van der Waals surface area contributed by atoms with E-state index in [-0.39, 0.29) is 6.54 Å². The van der Waals surface area contributed by atoms with E-state index in [9.17, 15) is 8.42 Å². The fourth-order valence-corrected chi connectivity index (χ4v) is 4.67. The average molecular weight is 394 g/mol. The van der Waals surface area contributed by atoms with E-state index in [1.54, 1.807) is 31.4 Å². The Morgan fingerprint density at radius 3 is 2.54 bits per heavy atom. The van der Waals surface area contributed by atoms with E-state index < -0.39 is 15.6 Å². The number of aryl methyl sites for hydroxylation is 2. The van der Waals surface area contributed by atoms with Crippen molar-refractivity contribution in [3.8, 4) is 0 Å². The number of nitrogens with one attached hydrogen (secondary N) is 1. The second-order valence-electron chi connectivity index (χ2n) is 6.91. The van der Waals surface area contributed by atoms with Crippen molar-refractivity contribution in [2.45, 2.75) is 43.1 Å². The Morgan fingerprint density at radius 1 is 1.12 bits per heavy atom. The van der Waals surface area contributed by atoms with Crippen LogP contribution in [-0.4, -0.2) is 22.1 Å². The molecule has 0 amide bonds. The highest BCUT2D eigenvalue weighted by Gasteiger charge is 2.29. The largest absolute Gasteiger partial charge is 0.372 e. The van der Waals surface area contributed by atoms with Crippen LogP contribution in [0, 0.1) is 0 Å². The first-order valence-electron chi connectivity index (χ1n) is 8.77. The minimum atomic E-state index is -3.62. The quantitative estimate of drug-likeness (QED) is 0.805. The maximum absolute atomic E-state index is 12.8. The van der Waals surface area contributed by atoms with Gasteiger partial charge >= 0.3 is 0 Å². The lowest BCUT2D eigenvalue weighted by atomic mass is 9.92. The van der Waals surface area contributed by atoms with Crippen LogP contribution in [-0.2, 0) is 33.2 Å². The molecule has 1 atom stereocenters. The van der Waals surface area contributed by atoms with Gasteiger partial charge in [-0.3, -0.25) is 0 Å². The molecule has 0 fully saturated rings. The fourth-order valence-electron chi connectivity index (χ4n) is 3.30. The van der Waals surface area contributed by atoms with Crippen molar-refractivity contribution in [1.29, 1.82) is 0 Å². The van der Waals surface area contributed by atoms with E-state index in [1.165, 1.54) is 12.0 Å². The Labute approximate surface area is 160 Å². The van der Waals surface area contributed by atoms with Gasteiger partial charge in [-0.05, 0) is 73.6 Å². The summed E-state index contributed by atoms with van der Waals surface area (Å²) in [7, 11) is -2.05. The predicted octanol–water partition coefficient (Wildman–Crippen LogP) is 4.06. The molecular formula is C20H24ClNO3S. The topological polar surface area (TPSA) is 55.4 Å². The molecule has 1 aliphatic carbocycles. The van der Waals surface area contributed by atoms with Crippen molar-refractivity contribution in [2.24, 2.45) is 0 Å². The van der Waals surface area contributed by atoms with Crippen molar-refractivity contribution in [3.63, 3.8) is 0 Å². The Morgan fingerprint density at radius 2 is 1.85 bits per heavy atom. The van der Waals surface area contributed by atoms with Gasteiger partial charge in [-0.2, -0.15) is 0 Å². The highest BCUT2D eigenvalue weighted by molar-refractivity contribution is 7.89. The molecule has 0 aromatic heterocycles. The lowest BCUT2D eigenvalue weighted by Gasteiger charge is -2.29. The molecular weight excluding hydrogens is 370 g/mol. The summed E-state index contributed by atoms with van der Waals surface area (Å²) >= 11 is 6.07. The SMILES string of the molecule is COC(C)(CNS(=O)(=O)c1ccc2c(c1)CCCC2)c1cccc(Cl)c1. The van der Waals surface area contributed by atoms with E-state index in [1.807, 2.05) is 25.1 Å². The van der Waals surface area contributed by atoms with Crippen molar-refractivity contribution in [3.05, 3.63) is 64.2 Å². The highest BCUT2D eigenvalue weighted by atomic mass is 35.5. The number of methoxy groups -OCH3 is 1. The molecule has 4 nitrogen and oxygen atoms in total. The van der Waals surface area contributed by atoms with Crippen LogP contribution in [0.25, 0.3) is 0 Å². The molecule has 0 saturated heterocycles. The van der Waals surface area contributed by atoms with Gasteiger partial charge in [0, 0.05) is 18.7 Å². The summed E-state index contributed by atoms with van der Waals surface area (Å²) in [6.45, 7) is 1.96. The lowest BCUT2D eigenvalue weighted by Crippen LogP contribution is -2.40. The van der Waals surface area contributed by atoms with Gasteiger partial charge in [-0.15, -0.1) is 0 Å². The third kappa shape index (κ3) is 4.12. The number of rotatable bonds is 6. The Kier molecular flexibility index (Phi) is 5.72. The summed E-state index contributed by atoms with van der Waals surface area (Å²) in [6, 6.07) is 12.7. The summed E-state index contributed by atoms with van der Waals surface area (Å²) in [6.07, 6.45) is 4.25. The van der Waals surface area contributed by atoms with E-state index in [2.05, 4.69) is 4.72 Å². The minimum absolute atomic E-state index is 0.114. The summed E-state index contributed by atoms with van der Waals surface area (Å²) in [5.41, 5.74) is 2.41. The number of hydrogen-bond donors (Lipinski definition) is 1. The van der Waals surface area contributed by atoms with Gasteiger partial charge in [0.15, 0.2) is 0 Å². The number of halogens is 1. The summed E-state index contributed by atoms with van der Waals surface area (Å²) in [5, 5.41) is 0.586. The van der Waals surface area contributed by atoms with Crippen LogP contribution in [0.3, 0.4) is 0 Å². The van der Waals surface area contributed by atoms with Crippen molar-refractivity contribution in [2.75, 3.05) is 13.7 Å². The molecule has 2 aromatic rings. The van der Waals surface area contributed by atoms with E-state index >= 15 is 0 Å². The number of benzene rings is 2. The maximum atomic E-state index is 12.8. The molecule has 140 valence electrons. The molecule has 0 heterocycles. The molecule has 0 radical (unpaired) electrons. The van der Waals surface area contributed by atoms with Crippen molar-refractivity contribution < 1.29 is 13.2 Å². The Hall–Kier alpha value is -1.40. The van der Waals surface area contributed by atoms with E-state index in [0.29, 0.717) is 9.92 Å². The zero-order chi connectivity index (χ0) is 18.8. The predicted molar refractivity (Wildman–Crippen MR) is 104 cm³/mol. The molecule has 3 rings (SSSR count). The standard InChI is InChI=1S/C20H24ClNO3S/c1-20(25-2,17-8-5-9-18(21)13-17)14-22-26(23,24)19-11-10-15-6-3-4-7-16(15)12-19/h5,8-13,22H,3-4,6-7,14H2,1-2H3. The Bertz CT molecular complexity index is 898. The molecule has 0 aliphatic heterocycles. The van der Waals surface area contributed by atoms with Crippen LogP contribution >= 0.6 is 11.6 Å². The molecule has 6 heteroatoms. The van der Waals surface area contributed by atoms with Gasteiger partial charge in [0.05, 0.1) is 4.90 Å². The molecule has 1 unspecified atom stereocenters. The van der Waals surface area contributed by atoms with Crippen LogP contribution in [0.4, 0.5) is 0 Å². The zero-order valence-electron chi connectivity index (χ0n) is 15.1. The van der Waals surface area contributed by atoms with E-state index in [0.717, 1.165) is 30.4 Å². The van der Waals surface area contributed by atoms with E-state index in [4.69, 9.17) is 16.3 Å². The number of fused-ring (bicyclic) bond motifs is 1. The second kappa shape index (κ2) is 7.69. The first-order valence-corrected chi connectivity index (χ1v) is 10.6. The zero-order valence-corrected chi connectivity index (χ0v) is 16.7. The van der Waals surface area contributed by atoms with Crippen molar-refractivity contribution >= 4 is 21.6 Å². The van der Waals surface area contributed by atoms with Crippen LogP contribution in [0.5, 0.6) is 0 Å². The first kappa shape index (κ1) is 19.4. The Balaban J connectivity index is 1.80. The highest BCUT2D eigenvalue weighted by Crippen LogP contribution is 2.28. The maximum Gasteiger partial charge on any atom is 0.240 e. The van der Waals surface area contributed by atoms with Crippen LogP contribution < -0.4 is 4.72 Å². The minimum Gasteiger partial charge on any atom is -0.372 e. The fraction of sp³-hybridized carbons (Fsp3) is 0.400. The normalized spacial score (nSPS) is 16.7. The van der Waals surface area contributed by atoms with Crippen LogP contribution in [0.15, 0.2) is 47.4 Å². The smallest absolute Gasteiger partial charge is 0.240 e. The van der Waals surface area contributed by atoms with Gasteiger partial charge in [0.1, 0.15) is 5.60 Å². The number of ether oxygens (including phenoxy) is 1. The molecule has 1 aliphatic rings. The van der Waals surface area contributed by atoms with Crippen LogP contribution in [0.1, 0.15) is 36.5 Å². The number of sulfonamides is 1. The van der Waals surface area contributed by atoms with Gasteiger partial charge in [-0.25, -0.2) is 13.1 Å². The van der Waals surface area contributed by atoms with Gasteiger partial charge in [0.25, 0.3) is 0 Å². The third-order valence-corrected chi connectivity index (χ3v) is 6.75. The summed E-state index contributed by atoms with van der Waals surface area (Å²) in [5.74, 6) is 0.